The quantitative estimate of drug-likeness (QED) is 0.827. The molecule has 1 heterocycles. The van der Waals surface area contributed by atoms with Crippen LogP contribution in [-0.2, 0) is 9.53 Å². The van der Waals surface area contributed by atoms with Crippen LogP contribution in [0.1, 0.15) is 12.8 Å². The summed E-state index contributed by atoms with van der Waals surface area (Å²) in [5.74, 6) is 0.720. The Hall–Kier alpha value is -2.00. The number of anilines is 1. The number of nitrogens with zero attached hydrogens (tertiary/aromatic N) is 1. The zero-order valence-corrected chi connectivity index (χ0v) is 15.0. The first-order valence-corrected chi connectivity index (χ1v) is 8.10. The van der Waals surface area contributed by atoms with Gasteiger partial charge in [-0.1, -0.05) is 0 Å². The molecule has 1 saturated heterocycles. The third kappa shape index (κ3) is 4.59. The number of halogens is 3. The van der Waals surface area contributed by atoms with Gasteiger partial charge < -0.3 is 19.5 Å². The average molecular weight is 376 g/mol. The maximum atomic E-state index is 13.2. The number of hydrogen-bond donors (Lipinski definition) is 1. The first kappa shape index (κ1) is 20.3. The Morgan fingerprint density at radius 3 is 2.08 bits per heavy atom. The van der Waals surface area contributed by atoms with Crippen molar-refractivity contribution in [2.75, 3.05) is 46.3 Å². The van der Waals surface area contributed by atoms with Gasteiger partial charge in [0.05, 0.1) is 20.8 Å². The Labute approximate surface area is 150 Å². The second-order valence-corrected chi connectivity index (χ2v) is 6.12. The van der Waals surface area contributed by atoms with E-state index in [0.29, 0.717) is 17.2 Å². The van der Waals surface area contributed by atoms with Gasteiger partial charge in [0.1, 0.15) is 11.5 Å². The topological polar surface area (TPSA) is 60.0 Å². The molecule has 6 nitrogen and oxygen atoms in total. The number of piperidine rings is 1. The standard InChI is InChI=1S/C17H23F3N2O4/c1-24-13-8-12(9-14(10-13)25-2)21-15(23)11-22-6-4-16(26-3,5-7-22)17(18,19)20/h8-10H,4-7,11H2,1-3H3,(H,21,23). The third-order valence-corrected chi connectivity index (χ3v) is 4.57. The predicted octanol–water partition coefficient (Wildman–Crippen LogP) is 2.69. The summed E-state index contributed by atoms with van der Waals surface area (Å²) in [6.07, 6.45) is -4.83. The van der Waals surface area contributed by atoms with E-state index in [1.807, 2.05) is 0 Å². The van der Waals surface area contributed by atoms with Crippen LogP contribution >= 0.6 is 0 Å². The van der Waals surface area contributed by atoms with Crippen molar-refractivity contribution in [1.29, 1.82) is 0 Å². The fourth-order valence-corrected chi connectivity index (χ4v) is 2.96. The van der Waals surface area contributed by atoms with Gasteiger partial charge in [-0.3, -0.25) is 9.69 Å². The molecule has 9 heteroatoms. The number of carbonyl (C=O) groups excluding carboxylic acids is 1. The zero-order valence-electron chi connectivity index (χ0n) is 15.0. The van der Waals surface area contributed by atoms with Crippen molar-refractivity contribution in [2.45, 2.75) is 24.6 Å². The van der Waals surface area contributed by atoms with Crippen LogP contribution in [0, 0.1) is 0 Å². The second kappa shape index (κ2) is 8.13. The number of methoxy groups -OCH3 is 3. The van der Waals surface area contributed by atoms with Crippen LogP contribution in [-0.4, -0.2) is 63.5 Å². The zero-order chi connectivity index (χ0) is 19.4. The molecule has 1 aliphatic rings. The molecule has 1 amide bonds. The summed E-state index contributed by atoms with van der Waals surface area (Å²) < 4.78 is 54.5. The Morgan fingerprint density at radius 2 is 1.65 bits per heavy atom. The Bertz CT molecular complexity index is 607. The van der Waals surface area contributed by atoms with Crippen LogP contribution in [0.25, 0.3) is 0 Å². The highest BCUT2D eigenvalue weighted by molar-refractivity contribution is 5.92. The second-order valence-electron chi connectivity index (χ2n) is 6.12. The lowest BCUT2D eigenvalue weighted by Gasteiger charge is -2.41. The van der Waals surface area contributed by atoms with Crippen molar-refractivity contribution in [2.24, 2.45) is 0 Å². The SMILES string of the molecule is COc1cc(NC(=O)CN2CCC(OC)(C(F)(F)F)CC2)cc(OC)c1. The molecule has 0 aromatic heterocycles. The first-order chi connectivity index (χ1) is 12.2. The minimum absolute atomic E-state index is 0.00280. The molecule has 0 aliphatic carbocycles. The molecular weight excluding hydrogens is 353 g/mol. The van der Waals surface area contributed by atoms with Gasteiger partial charge in [-0.25, -0.2) is 0 Å². The summed E-state index contributed by atoms with van der Waals surface area (Å²) in [5, 5.41) is 2.71. The fourth-order valence-electron chi connectivity index (χ4n) is 2.96. The van der Waals surface area contributed by atoms with E-state index in [1.54, 1.807) is 23.1 Å². The molecule has 1 N–H and O–H groups in total. The number of ether oxygens (including phenoxy) is 3. The van der Waals surface area contributed by atoms with Crippen molar-refractivity contribution in [3.8, 4) is 11.5 Å². The molecule has 2 rings (SSSR count). The van der Waals surface area contributed by atoms with E-state index >= 15 is 0 Å². The number of benzene rings is 1. The maximum Gasteiger partial charge on any atom is 0.417 e. The molecule has 0 saturated carbocycles. The molecule has 26 heavy (non-hydrogen) atoms. The number of amides is 1. The van der Waals surface area contributed by atoms with E-state index in [9.17, 15) is 18.0 Å². The molecule has 1 aromatic rings. The largest absolute Gasteiger partial charge is 0.497 e. The van der Waals surface area contributed by atoms with E-state index in [0.717, 1.165) is 7.11 Å². The van der Waals surface area contributed by atoms with Gasteiger partial charge in [0.2, 0.25) is 5.91 Å². The van der Waals surface area contributed by atoms with Gasteiger partial charge in [-0.05, 0) is 12.8 Å². The molecule has 0 unspecified atom stereocenters. The van der Waals surface area contributed by atoms with Crippen molar-refractivity contribution in [1.82, 2.24) is 4.90 Å². The van der Waals surface area contributed by atoms with E-state index < -0.39 is 11.8 Å². The molecule has 0 atom stereocenters. The Morgan fingerprint density at radius 1 is 1.12 bits per heavy atom. The summed E-state index contributed by atoms with van der Waals surface area (Å²) in [5.41, 5.74) is -1.63. The smallest absolute Gasteiger partial charge is 0.417 e. The molecule has 1 aliphatic heterocycles. The summed E-state index contributed by atoms with van der Waals surface area (Å²) in [7, 11) is 4.07. The molecule has 1 fully saturated rings. The van der Waals surface area contributed by atoms with E-state index in [2.05, 4.69) is 5.32 Å². The van der Waals surface area contributed by atoms with Gasteiger partial charge in [-0.15, -0.1) is 0 Å². The maximum absolute atomic E-state index is 13.2. The highest BCUT2D eigenvalue weighted by Gasteiger charge is 2.56. The number of alkyl halides is 3. The fraction of sp³-hybridized carbons (Fsp3) is 0.588. The van der Waals surface area contributed by atoms with Crippen LogP contribution in [0.2, 0.25) is 0 Å². The monoisotopic (exact) mass is 376 g/mol. The van der Waals surface area contributed by atoms with Crippen LogP contribution in [0.15, 0.2) is 18.2 Å². The van der Waals surface area contributed by atoms with Gasteiger partial charge in [-0.2, -0.15) is 13.2 Å². The predicted molar refractivity (Wildman–Crippen MR) is 89.6 cm³/mol. The highest BCUT2D eigenvalue weighted by atomic mass is 19.4. The number of carbonyl (C=O) groups is 1. The molecule has 0 radical (unpaired) electrons. The van der Waals surface area contributed by atoms with Crippen LogP contribution in [0.5, 0.6) is 11.5 Å². The number of hydrogen-bond acceptors (Lipinski definition) is 5. The van der Waals surface area contributed by atoms with Crippen molar-refractivity contribution in [3.05, 3.63) is 18.2 Å². The first-order valence-electron chi connectivity index (χ1n) is 8.10. The molecule has 1 aromatic carbocycles. The van der Waals surface area contributed by atoms with E-state index in [1.165, 1.54) is 14.2 Å². The van der Waals surface area contributed by atoms with Gasteiger partial charge in [0.25, 0.3) is 0 Å². The van der Waals surface area contributed by atoms with Crippen LogP contribution in [0.4, 0.5) is 18.9 Å². The minimum atomic E-state index is -4.42. The average Bonchev–Trinajstić information content (AvgIpc) is 2.61. The molecule has 0 spiro atoms. The van der Waals surface area contributed by atoms with Crippen molar-refractivity contribution >= 4 is 11.6 Å². The molecular formula is C17H23F3N2O4. The number of nitrogens with one attached hydrogen (secondary N) is 1. The Kier molecular flexibility index (Phi) is 6.35. The lowest BCUT2D eigenvalue weighted by Crippen LogP contribution is -2.55. The number of rotatable bonds is 6. The molecule has 0 bridgehead atoms. The van der Waals surface area contributed by atoms with Gasteiger partial charge >= 0.3 is 6.18 Å². The van der Waals surface area contributed by atoms with Gasteiger partial charge in [0, 0.05) is 44.1 Å². The van der Waals surface area contributed by atoms with Crippen molar-refractivity contribution in [3.63, 3.8) is 0 Å². The Balaban J connectivity index is 1.94. The third-order valence-electron chi connectivity index (χ3n) is 4.57. The van der Waals surface area contributed by atoms with Crippen LogP contribution < -0.4 is 14.8 Å². The summed E-state index contributed by atoms with van der Waals surface area (Å²) in [6.45, 7) is 0.252. The normalized spacial score (nSPS) is 17.6. The van der Waals surface area contributed by atoms with Crippen LogP contribution in [0.3, 0.4) is 0 Å². The van der Waals surface area contributed by atoms with Crippen molar-refractivity contribution < 1.29 is 32.2 Å². The minimum Gasteiger partial charge on any atom is -0.497 e. The summed E-state index contributed by atoms with van der Waals surface area (Å²) in [4.78, 5) is 13.9. The lowest BCUT2D eigenvalue weighted by molar-refractivity contribution is -0.282. The lowest BCUT2D eigenvalue weighted by atomic mass is 9.90. The summed E-state index contributed by atoms with van der Waals surface area (Å²) in [6, 6.07) is 4.94. The summed E-state index contributed by atoms with van der Waals surface area (Å²) >= 11 is 0. The highest BCUT2D eigenvalue weighted by Crippen LogP contribution is 2.41. The van der Waals surface area contributed by atoms with E-state index in [-0.39, 0.29) is 38.4 Å². The van der Waals surface area contributed by atoms with Gasteiger partial charge in [0.15, 0.2) is 5.60 Å². The molecule has 146 valence electrons. The number of likely N-dealkylation sites (tertiary alicyclic amines) is 1. The van der Waals surface area contributed by atoms with E-state index in [4.69, 9.17) is 14.2 Å².